The van der Waals surface area contributed by atoms with Gasteiger partial charge in [0.25, 0.3) is 0 Å². The van der Waals surface area contributed by atoms with Gasteiger partial charge in [-0.05, 0) is 55.0 Å². The molecule has 0 spiro atoms. The fraction of sp³-hybridized carbons (Fsp3) is 0.233. The van der Waals surface area contributed by atoms with Crippen LogP contribution in [0, 0.1) is 12.7 Å². The highest BCUT2D eigenvalue weighted by Gasteiger charge is 2.13. The summed E-state index contributed by atoms with van der Waals surface area (Å²) in [5, 5.41) is 2.77. The quantitative estimate of drug-likeness (QED) is 0.166. The van der Waals surface area contributed by atoms with Gasteiger partial charge in [-0.1, -0.05) is 17.7 Å². The molecule has 0 unspecified atom stereocenters. The van der Waals surface area contributed by atoms with E-state index in [1.165, 1.54) is 6.07 Å². The van der Waals surface area contributed by atoms with E-state index < -0.39 is 11.8 Å². The van der Waals surface area contributed by atoms with Gasteiger partial charge in [-0.2, -0.15) is 0 Å². The Morgan fingerprint density at radius 3 is 2.58 bits per heavy atom. The number of nitrogens with one attached hydrogen (secondary N) is 2. The van der Waals surface area contributed by atoms with Crippen molar-refractivity contribution in [2.45, 2.75) is 13.3 Å². The number of esters is 1. The summed E-state index contributed by atoms with van der Waals surface area (Å²) in [6.07, 6.45) is 3.09. The first-order chi connectivity index (χ1) is 19.4. The molecule has 2 N–H and O–H groups in total. The number of carbonyl (C=O) groups is 2. The molecule has 2 aromatic carbocycles. The normalized spacial score (nSPS) is 10.8. The van der Waals surface area contributed by atoms with Crippen molar-refractivity contribution in [3.05, 3.63) is 95.6 Å². The molecule has 9 nitrogen and oxygen atoms in total. The van der Waals surface area contributed by atoms with Crippen molar-refractivity contribution in [2.24, 2.45) is 0 Å². The summed E-state index contributed by atoms with van der Waals surface area (Å²) in [5.41, 5.74) is 3.36. The molecule has 0 radical (unpaired) electrons. The Bertz CT molecular complexity index is 1440. The molecule has 4 aromatic rings. The van der Waals surface area contributed by atoms with E-state index in [2.05, 4.69) is 15.3 Å². The lowest BCUT2D eigenvalue weighted by atomic mass is 10.1. The second kappa shape index (κ2) is 14.0. The Morgan fingerprint density at radius 1 is 0.975 bits per heavy atom. The third-order valence-electron chi connectivity index (χ3n) is 5.74. The SMILES string of the molecule is COCCOCCOC(=O)c1c[nH]c(-c2cc(Oc3ccc(NC(=O)Cc4cc(C)ccc4F)cc3)ccn2)c1.[HH]. The van der Waals surface area contributed by atoms with E-state index in [1.54, 1.807) is 74.1 Å². The van der Waals surface area contributed by atoms with E-state index in [9.17, 15) is 14.0 Å². The highest BCUT2D eigenvalue weighted by molar-refractivity contribution is 5.92. The smallest absolute Gasteiger partial charge is 0.339 e. The Kier molecular flexibility index (Phi) is 9.98. The van der Waals surface area contributed by atoms with Crippen LogP contribution < -0.4 is 10.1 Å². The molecular weight excluding hydrogens is 517 g/mol. The number of carbonyl (C=O) groups excluding carboxylic acids is 2. The summed E-state index contributed by atoms with van der Waals surface area (Å²) >= 11 is 0. The molecule has 0 atom stereocenters. The second-order valence-corrected chi connectivity index (χ2v) is 8.87. The number of halogens is 1. The minimum atomic E-state index is -0.471. The van der Waals surface area contributed by atoms with Gasteiger partial charge in [-0.25, -0.2) is 9.18 Å². The van der Waals surface area contributed by atoms with Crippen LogP contribution in [0.1, 0.15) is 22.9 Å². The monoisotopic (exact) mass is 549 g/mol. The van der Waals surface area contributed by atoms with Gasteiger partial charge in [0, 0.05) is 32.7 Å². The molecule has 210 valence electrons. The van der Waals surface area contributed by atoms with Crippen LogP contribution in [-0.2, 0) is 25.4 Å². The first-order valence-corrected chi connectivity index (χ1v) is 12.6. The summed E-state index contributed by atoms with van der Waals surface area (Å²) in [4.78, 5) is 32.1. The molecule has 2 heterocycles. The van der Waals surface area contributed by atoms with Crippen LogP contribution in [0.4, 0.5) is 10.1 Å². The third kappa shape index (κ3) is 8.23. The van der Waals surface area contributed by atoms with E-state index in [1.807, 2.05) is 6.92 Å². The first kappa shape index (κ1) is 28.5. The van der Waals surface area contributed by atoms with Crippen molar-refractivity contribution >= 4 is 17.6 Å². The molecule has 40 heavy (non-hydrogen) atoms. The van der Waals surface area contributed by atoms with Crippen molar-refractivity contribution < 1.29 is 34.4 Å². The van der Waals surface area contributed by atoms with Crippen LogP contribution in [-0.4, -0.2) is 55.4 Å². The predicted octanol–water partition coefficient (Wildman–Crippen LogP) is 5.56. The molecule has 2 aromatic heterocycles. The number of anilines is 1. The minimum Gasteiger partial charge on any atom is -0.460 e. The van der Waals surface area contributed by atoms with Gasteiger partial charge in [0.2, 0.25) is 5.91 Å². The zero-order chi connectivity index (χ0) is 28.3. The molecule has 0 fully saturated rings. The number of pyridine rings is 1. The summed E-state index contributed by atoms with van der Waals surface area (Å²) in [5.74, 6) is -0.119. The minimum absolute atomic E-state index is 0. The summed E-state index contributed by atoms with van der Waals surface area (Å²) in [7, 11) is 1.59. The molecular formula is C30H32FN3O6. The number of aromatic amines is 1. The number of hydrogen-bond acceptors (Lipinski definition) is 7. The lowest BCUT2D eigenvalue weighted by Crippen LogP contribution is -2.15. The molecule has 0 aliphatic rings. The third-order valence-corrected chi connectivity index (χ3v) is 5.74. The van der Waals surface area contributed by atoms with Crippen LogP contribution in [0.25, 0.3) is 11.4 Å². The number of rotatable bonds is 13. The molecule has 0 saturated carbocycles. The molecule has 1 amide bonds. The van der Waals surface area contributed by atoms with Crippen LogP contribution in [0.5, 0.6) is 11.5 Å². The maximum absolute atomic E-state index is 14.0. The zero-order valence-corrected chi connectivity index (χ0v) is 22.2. The average Bonchev–Trinajstić information content (AvgIpc) is 3.45. The van der Waals surface area contributed by atoms with Gasteiger partial charge in [0.15, 0.2) is 0 Å². The average molecular weight is 550 g/mol. The summed E-state index contributed by atoms with van der Waals surface area (Å²) < 4.78 is 35.3. The molecule has 0 saturated heterocycles. The lowest BCUT2D eigenvalue weighted by molar-refractivity contribution is -0.115. The van der Waals surface area contributed by atoms with Crippen molar-refractivity contribution in [2.75, 3.05) is 38.9 Å². The van der Waals surface area contributed by atoms with E-state index in [0.717, 1.165) is 5.56 Å². The highest BCUT2D eigenvalue weighted by Crippen LogP contribution is 2.27. The van der Waals surface area contributed by atoms with E-state index in [0.29, 0.717) is 52.9 Å². The number of nitrogens with zero attached hydrogens (tertiary/aromatic N) is 1. The van der Waals surface area contributed by atoms with E-state index >= 15 is 0 Å². The number of amides is 1. The van der Waals surface area contributed by atoms with E-state index in [-0.39, 0.29) is 27.0 Å². The van der Waals surface area contributed by atoms with Gasteiger partial charge in [-0.3, -0.25) is 9.78 Å². The van der Waals surface area contributed by atoms with Crippen molar-refractivity contribution in [3.63, 3.8) is 0 Å². The zero-order valence-electron chi connectivity index (χ0n) is 22.2. The lowest BCUT2D eigenvalue weighted by Gasteiger charge is -2.09. The van der Waals surface area contributed by atoms with Crippen LogP contribution in [0.2, 0.25) is 0 Å². The van der Waals surface area contributed by atoms with Gasteiger partial charge in [-0.15, -0.1) is 0 Å². The number of aryl methyl sites for hydroxylation is 1. The Morgan fingerprint density at radius 2 is 1.77 bits per heavy atom. The largest absolute Gasteiger partial charge is 0.460 e. The van der Waals surface area contributed by atoms with Gasteiger partial charge < -0.3 is 29.2 Å². The molecule has 0 bridgehead atoms. The van der Waals surface area contributed by atoms with Crippen molar-refractivity contribution in [3.8, 4) is 22.9 Å². The van der Waals surface area contributed by atoms with E-state index in [4.69, 9.17) is 18.9 Å². The van der Waals surface area contributed by atoms with Crippen LogP contribution >= 0.6 is 0 Å². The maximum Gasteiger partial charge on any atom is 0.339 e. The maximum atomic E-state index is 14.0. The second-order valence-electron chi connectivity index (χ2n) is 8.87. The van der Waals surface area contributed by atoms with Crippen molar-refractivity contribution in [1.82, 2.24) is 9.97 Å². The Hall–Kier alpha value is -4.54. The van der Waals surface area contributed by atoms with Crippen LogP contribution in [0.15, 0.2) is 73.1 Å². The fourth-order valence-corrected chi connectivity index (χ4v) is 3.76. The number of hydrogen-bond donors (Lipinski definition) is 2. The van der Waals surface area contributed by atoms with Gasteiger partial charge in [0.05, 0.1) is 43.2 Å². The Balaban J connectivity index is 0.00000462. The Labute approximate surface area is 232 Å². The summed E-state index contributed by atoms with van der Waals surface area (Å²) in [6, 6.07) is 16.6. The number of ether oxygens (including phenoxy) is 4. The number of methoxy groups -OCH3 is 1. The van der Waals surface area contributed by atoms with Gasteiger partial charge >= 0.3 is 5.97 Å². The fourth-order valence-electron chi connectivity index (χ4n) is 3.76. The first-order valence-electron chi connectivity index (χ1n) is 12.6. The molecule has 4 rings (SSSR count). The molecule has 0 aliphatic heterocycles. The number of H-pyrrole nitrogens is 1. The highest BCUT2D eigenvalue weighted by atomic mass is 19.1. The topological polar surface area (TPSA) is 112 Å². The predicted molar refractivity (Wildman–Crippen MR) is 149 cm³/mol. The molecule has 10 heteroatoms. The molecule has 0 aliphatic carbocycles. The van der Waals surface area contributed by atoms with Crippen LogP contribution in [0.3, 0.4) is 0 Å². The van der Waals surface area contributed by atoms with Gasteiger partial charge in [0.1, 0.15) is 23.9 Å². The number of aromatic nitrogens is 2. The van der Waals surface area contributed by atoms with Crippen molar-refractivity contribution in [1.29, 1.82) is 0 Å². The standard InChI is InChI=1S/C30H30FN3O6.H2/c1-20-3-8-26(31)21(15-20)17-29(35)34-23-4-6-24(7-5-23)40-25-9-10-32-28(18-25)27-16-22(19-33-27)30(36)39-14-13-38-12-11-37-2;/h3-10,15-16,18-19,33H,11-14,17H2,1-2H3,(H,34,35);1H. The summed E-state index contributed by atoms with van der Waals surface area (Å²) in [6.45, 7) is 3.19. The number of benzene rings is 2.